The lowest BCUT2D eigenvalue weighted by Gasteiger charge is -2.11. The first-order valence-corrected chi connectivity index (χ1v) is 5.70. The molecule has 0 fully saturated rings. The molecule has 1 aromatic heterocycles. The Morgan fingerprint density at radius 3 is 2.83 bits per heavy atom. The van der Waals surface area contributed by atoms with E-state index in [1.165, 1.54) is 0 Å². The predicted octanol–water partition coefficient (Wildman–Crippen LogP) is 1.72. The van der Waals surface area contributed by atoms with E-state index in [2.05, 4.69) is 10.4 Å². The monoisotopic (exact) mass is 244 g/mol. The van der Waals surface area contributed by atoms with Gasteiger partial charge in [0.25, 0.3) is 0 Å². The molecule has 0 unspecified atom stereocenters. The summed E-state index contributed by atoms with van der Waals surface area (Å²) >= 11 is 0. The van der Waals surface area contributed by atoms with Gasteiger partial charge in [-0.1, -0.05) is 12.1 Å². The van der Waals surface area contributed by atoms with E-state index in [4.69, 9.17) is 5.73 Å². The number of amides is 1. The van der Waals surface area contributed by atoms with E-state index >= 15 is 0 Å². The second-order valence-corrected chi connectivity index (χ2v) is 4.30. The summed E-state index contributed by atoms with van der Waals surface area (Å²) in [4.78, 5) is 11.9. The zero-order valence-electron chi connectivity index (χ0n) is 10.5. The minimum atomic E-state index is -0.140. The third-order valence-electron chi connectivity index (χ3n) is 2.64. The van der Waals surface area contributed by atoms with Gasteiger partial charge in [0.1, 0.15) is 6.54 Å². The highest BCUT2D eigenvalue weighted by atomic mass is 16.2. The van der Waals surface area contributed by atoms with Crippen molar-refractivity contribution in [3.8, 4) is 0 Å². The van der Waals surface area contributed by atoms with Crippen molar-refractivity contribution in [1.29, 1.82) is 0 Å². The number of anilines is 2. The third kappa shape index (κ3) is 2.68. The molecule has 0 bridgehead atoms. The Labute approximate surface area is 106 Å². The SMILES string of the molecule is Cc1cnn(CC(=O)Nc2c(C)cccc2N)c1. The van der Waals surface area contributed by atoms with E-state index in [0.29, 0.717) is 11.4 Å². The summed E-state index contributed by atoms with van der Waals surface area (Å²) in [5.41, 5.74) is 9.04. The molecule has 0 saturated heterocycles. The van der Waals surface area contributed by atoms with Gasteiger partial charge in [-0.25, -0.2) is 0 Å². The van der Waals surface area contributed by atoms with E-state index in [1.54, 1.807) is 16.9 Å². The number of para-hydroxylation sites is 1. The normalized spacial score (nSPS) is 10.3. The summed E-state index contributed by atoms with van der Waals surface area (Å²) in [5.74, 6) is -0.140. The summed E-state index contributed by atoms with van der Waals surface area (Å²) in [6.45, 7) is 4.02. The lowest BCUT2D eigenvalue weighted by molar-refractivity contribution is -0.116. The van der Waals surface area contributed by atoms with Gasteiger partial charge in [-0.2, -0.15) is 5.10 Å². The standard InChI is InChI=1S/C13H16N4O/c1-9-6-15-17(7-9)8-12(18)16-13-10(2)4-3-5-11(13)14/h3-7H,8,14H2,1-2H3,(H,16,18). The lowest BCUT2D eigenvalue weighted by atomic mass is 10.1. The average Bonchev–Trinajstić information content (AvgIpc) is 2.69. The summed E-state index contributed by atoms with van der Waals surface area (Å²) in [6, 6.07) is 5.53. The summed E-state index contributed by atoms with van der Waals surface area (Å²) in [5, 5.41) is 6.88. The fraction of sp³-hybridized carbons (Fsp3) is 0.231. The first kappa shape index (κ1) is 12.2. The van der Waals surface area contributed by atoms with E-state index in [1.807, 2.05) is 32.2 Å². The highest BCUT2D eigenvalue weighted by Gasteiger charge is 2.08. The van der Waals surface area contributed by atoms with Crippen molar-refractivity contribution in [1.82, 2.24) is 9.78 Å². The van der Waals surface area contributed by atoms with Gasteiger partial charge in [0.05, 0.1) is 17.6 Å². The second-order valence-electron chi connectivity index (χ2n) is 4.30. The molecule has 0 radical (unpaired) electrons. The first-order chi connectivity index (χ1) is 8.56. The quantitative estimate of drug-likeness (QED) is 0.807. The minimum absolute atomic E-state index is 0.140. The highest BCUT2D eigenvalue weighted by Crippen LogP contribution is 2.22. The van der Waals surface area contributed by atoms with Gasteiger partial charge in [-0.05, 0) is 31.0 Å². The molecular formula is C13H16N4O. The molecule has 0 aliphatic heterocycles. The Bertz CT molecular complexity index is 554. The topological polar surface area (TPSA) is 72.9 Å². The van der Waals surface area contributed by atoms with Crippen molar-refractivity contribution < 1.29 is 4.79 Å². The number of nitrogen functional groups attached to an aromatic ring is 1. The smallest absolute Gasteiger partial charge is 0.246 e. The highest BCUT2D eigenvalue weighted by molar-refractivity contribution is 5.94. The Hall–Kier alpha value is -2.30. The molecule has 0 saturated carbocycles. The molecule has 94 valence electrons. The number of nitrogens with one attached hydrogen (secondary N) is 1. The number of rotatable bonds is 3. The summed E-state index contributed by atoms with van der Waals surface area (Å²) < 4.78 is 1.60. The Kier molecular flexibility index (Phi) is 3.32. The van der Waals surface area contributed by atoms with E-state index in [-0.39, 0.29) is 12.5 Å². The molecule has 2 aromatic rings. The number of benzene rings is 1. The van der Waals surface area contributed by atoms with Crippen LogP contribution in [0.2, 0.25) is 0 Å². The van der Waals surface area contributed by atoms with Gasteiger partial charge in [-0.15, -0.1) is 0 Å². The van der Waals surface area contributed by atoms with Crippen LogP contribution in [-0.2, 0) is 11.3 Å². The third-order valence-corrected chi connectivity index (χ3v) is 2.64. The van der Waals surface area contributed by atoms with Crippen molar-refractivity contribution in [3.63, 3.8) is 0 Å². The minimum Gasteiger partial charge on any atom is -0.397 e. The Morgan fingerprint density at radius 2 is 2.22 bits per heavy atom. The number of aryl methyl sites for hydroxylation is 2. The van der Waals surface area contributed by atoms with Crippen LogP contribution in [0.1, 0.15) is 11.1 Å². The van der Waals surface area contributed by atoms with Gasteiger partial charge in [0.15, 0.2) is 0 Å². The lowest BCUT2D eigenvalue weighted by Crippen LogP contribution is -2.20. The molecule has 1 heterocycles. The van der Waals surface area contributed by atoms with Crippen LogP contribution in [0.15, 0.2) is 30.6 Å². The van der Waals surface area contributed by atoms with Crippen molar-refractivity contribution in [2.75, 3.05) is 11.1 Å². The van der Waals surface area contributed by atoms with Crippen LogP contribution in [-0.4, -0.2) is 15.7 Å². The summed E-state index contributed by atoms with van der Waals surface area (Å²) in [7, 11) is 0. The largest absolute Gasteiger partial charge is 0.397 e. The van der Waals surface area contributed by atoms with Crippen LogP contribution in [0.3, 0.4) is 0 Å². The van der Waals surface area contributed by atoms with Crippen LogP contribution in [0.4, 0.5) is 11.4 Å². The Morgan fingerprint density at radius 1 is 1.44 bits per heavy atom. The summed E-state index contributed by atoms with van der Waals surface area (Å²) in [6.07, 6.45) is 3.54. The molecule has 0 spiro atoms. The van der Waals surface area contributed by atoms with Crippen LogP contribution < -0.4 is 11.1 Å². The Balaban J connectivity index is 2.08. The predicted molar refractivity (Wildman–Crippen MR) is 71.2 cm³/mol. The zero-order chi connectivity index (χ0) is 13.1. The maximum Gasteiger partial charge on any atom is 0.246 e. The number of carbonyl (C=O) groups excluding carboxylic acids is 1. The van der Waals surface area contributed by atoms with Crippen molar-refractivity contribution in [2.45, 2.75) is 20.4 Å². The number of hydrogen-bond acceptors (Lipinski definition) is 3. The fourth-order valence-corrected chi connectivity index (χ4v) is 1.74. The molecule has 0 atom stereocenters. The van der Waals surface area contributed by atoms with Crippen LogP contribution >= 0.6 is 0 Å². The number of aromatic nitrogens is 2. The first-order valence-electron chi connectivity index (χ1n) is 5.70. The number of nitrogens with two attached hydrogens (primary N) is 1. The van der Waals surface area contributed by atoms with Gasteiger partial charge >= 0.3 is 0 Å². The number of carbonyl (C=O) groups is 1. The van der Waals surface area contributed by atoms with Crippen LogP contribution in [0.25, 0.3) is 0 Å². The molecule has 0 aliphatic rings. The molecule has 5 heteroatoms. The number of nitrogens with zero attached hydrogens (tertiary/aromatic N) is 2. The zero-order valence-corrected chi connectivity index (χ0v) is 10.5. The van der Waals surface area contributed by atoms with E-state index in [9.17, 15) is 4.79 Å². The van der Waals surface area contributed by atoms with Gasteiger partial charge < -0.3 is 11.1 Å². The van der Waals surface area contributed by atoms with Gasteiger partial charge in [0.2, 0.25) is 5.91 Å². The van der Waals surface area contributed by atoms with Crippen LogP contribution in [0, 0.1) is 13.8 Å². The molecule has 1 amide bonds. The number of hydrogen-bond donors (Lipinski definition) is 2. The molecule has 0 aliphatic carbocycles. The van der Waals surface area contributed by atoms with Crippen molar-refractivity contribution >= 4 is 17.3 Å². The fourth-order valence-electron chi connectivity index (χ4n) is 1.74. The second kappa shape index (κ2) is 4.91. The maximum atomic E-state index is 11.9. The molecule has 2 rings (SSSR count). The molecular weight excluding hydrogens is 228 g/mol. The molecule has 3 N–H and O–H groups in total. The van der Waals surface area contributed by atoms with Gasteiger partial charge in [0, 0.05) is 6.20 Å². The van der Waals surface area contributed by atoms with Crippen molar-refractivity contribution in [2.24, 2.45) is 0 Å². The van der Waals surface area contributed by atoms with E-state index < -0.39 is 0 Å². The molecule has 1 aromatic carbocycles. The maximum absolute atomic E-state index is 11.9. The molecule has 18 heavy (non-hydrogen) atoms. The van der Waals surface area contributed by atoms with E-state index in [0.717, 1.165) is 11.1 Å². The van der Waals surface area contributed by atoms with Crippen molar-refractivity contribution in [3.05, 3.63) is 41.7 Å². The molecule has 5 nitrogen and oxygen atoms in total. The van der Waals surface area contributed by atoms with Crippen LogP contribution in [0.5, 0.6) is 0 Å². The average molecular weight is 244 g/mol. The van der Waals surface area contributed by atoms with Gasteiger partial charge in [-0.3, -0.25) is 9.48 Å².